The Morgan fingerprint density at radius 2 is 1.74 bits per heavy atom. The Morgan fingerprint density at radius 3 is 2.55 bits per heavy atom. The maximum absolute atomic E-state index is 4.77. The van der Waals surface area contributed by atoms with E-state index in [9.17, 15) is 0 Å². The Labute approximate surface area is 192 Å². The Bertz CT molecular complexity index is 782. The molecule has 31 heavy (non-hydrogen) atoms. The molecule has 8 unspecified atom stereocenters. The fourth-order valence-corrected chi connectivity index (χ4v) is 9.72. The average Bonchev–Trinajstić information content (AvgIpc) is 3.10. The van der Waals surface area contributed by atoms with Gasteiger partial charge in [-0.2, -0.15) is 0 Å². The second kappa shape index (κ2) is 8.18. The highest BCUT2D eigenvalue weighted by molar-refractivity contribution is 5.31. The van der Waals surface area contributed by atoms with Crippen LogP contribution >= 0.6 is 0 Å². The topological polar surface area (TPSA) is 12.9 Å². The first-order valence-electron chi connectivity index (χ1n) is 13.8. The van der Waals surface area contributed by atoms with Crippen molar-refractivity contribution in [3.63, 3.8) is 0 Å². The molecule has 172 valence electrons. The predicted octanol–water partition coefficient (Wildman–Crippen LogP) is 8.43. The molecule has 0 bridgehead atoms. The van der Waals surface area contributed by atoms with Gasteiger partial charge in [-0.25, -0.2) is 0 Å². The summed E-state index contributed by atoms with van der Waals surface area (Å²) in [5.41, 5.74) is 4.17. The largest absolute Gasteiger partial charge is 0.261 e. The number of nitrogens with zero attached hydrogens (tertiary/aromatic N) is 1. The summed E-state index contributed by atoms with van der Waals surface area (Å²) in [5.74, 6) is 6.47. The van der Waals surface area contributed by atoms with E-state index in [-0.39, 0.29) is 0 Å². The lowest BCUT2D eigenvalue weighted by atomic mass is 9.44. The third-order valence-corrected chi connectivity index (χ3v) is 11.3. The molecule has 3 fully saturated rings. The van der Waals surface area contributed by atoms with Crippen LogP contribution in [0.15, 0.2) is 18.3 Å². The Balaban J connectivity index is 1.34. The molecule has 0 radical (unpaired) electrons. The standard InChI is InChI=1S/C30H47N/c1-20(2)8-6-9-21(3)24-13-14-25-22-11-12-26-23-10-7-19-31-28(23)16-18-30(26,5)27(22)15-17-29(24,25)4/h7,10,19-22,24-27H,6,8-9,11-18H2,1-5H3. The van der Waals surface area contributed by atoms with Gasteiger partial charge in [-0.15, -0.1) is 0 Å². The van der Waals surface area contributed by atoms with Crippen molar-refractivity contribution in [1.29, 1.82) is 0 Å². The number of pyridine rings is 1. The van der Waals surface area contributed by atoms with Crippen LogP contribution in [-0.4, -0.2) is 4.98 Å². The fraction of sp³-hybridized carbons (Fsp3) is 0.833. The first kappa shape index (κ1) is 22.0. The minimum atomic E-state index is 0.515. The van der Waals surface area contributed by atoms with Crippen LogP contribution in [-0.2, 0) is 6.42 Å². The van der Waals surface area contributed by atoms with Gasteiger partial charge in [0.15, 0.2) is 0 Å². The van der Waals surface area contributed by atoms with Gasteiger partial charge in [-0.3, -0.25) is 4.98 Å². The SMILES string of the molecule is CC(C)CCCC(C)C1CCC2C3CCC4c5cccnc5CCC4(C)C3CCC12C. The van der Waals surface area contributed by atoms with Crippen molar-refractivity contribution < 1.29 is 0 Å². The summed E-state index contributed by atoms with van der Waals surface area (Å²) in [6.45, 7) is 12.8. The third kappa shape index (κ3) is 3.52. The second-order valence-corrected chi connectivity index (χ2v) is 13.1. The third-order valence-electron chi connectivity index (χ3n) is 11.3. The lowest BCUT2D eigenvalue weighted by Gasteiger charge is -2.60. The minimum absolute atomic E-state index is 0.515. The van der Waals surface area contributed by atoms with Crippen LogP contribution in [0.5, 0.6) is 0 Å². The van der Waals surface area contributed by atoms with Crippen LogP contribution in [0.3, 0.4) is 0 Å². The number of rotatable bonds is 5. The average molecular weight is 422 g/mol. The van der Waals surface area contributed by atoms with Crippen LogP contribution in [0.2, 0.25) is 0 Å². The maximum Gasteiger partial charge on any atom is 0.0438 e. The van der Waals surface area contributed by atoms with Gasteiger partial charge >= 0.3 is 0 Å². The number of hydrogen-bond donors (Lipinski definition) is 0. The number of aryl methyl sites for hydroxylation is 1. The van der Waals surface area contributed by atoms with Crippen molar-refractivity contribution in [2.45, 2.75) is 111 Å². The monoisotopic (exact) mass is 421 g/mol. The molecule has 5 rings (SSSR count). The zero-order valence-electron chi connectivity index (χ0n) is 21.0. The van der Waals surface area contributed by atoms with E-state index in [1.165, 1.54) is 76.3 Å². The number of aromatic nitrogens is 1. The van der Waals surface area contributed by atoms with Crippen molar-refractivity contribution in [1.82, 2.24) is 4.98 Å². The highest BCUT2D eigenvalue weighted by Gasteiger charge is 2.60. The second-order valence-electron chi connectivity index (χ2n) is 13.1. The maximum atomic E-state index is 4.77. The van der Waals surface area contributed by atoms with Gasteiger partial charge in [0.25, 0.3) is 0 Å². The molecule has 0 spiro atoms. The molecule has 1 heterocycles. The Morgan fingerprint density at radius 1 is 0.935 bits per heavy atom. The molecule has 4 aliphatic rings. The molecule has 8 atom stereocenters. The van der Waals surface area contributed by atoms with Crippen LogP contribution in [0, 0.1) is 46.3 Å². The van der Waals surface area contributed by atoms with E-state index < -0.39 is 0 Å². The Kier molecular flexibility index (Phi) is 5.79. The van der Waals surface area contributed by atoms with E-state index in [0.29, 0.717) is 10.8 Å². The lowest BCUT2D eigenvalue weighted by Crippen LogP contribution is -2.52. The van der Waals surface area contributed by atoms with Crippen molar-refractivity contribution in [2.24, 2.45) is 46.3 Å². The first-order valence-corrected chi connectivity index (χ1v) is 13.8. The summed E-state index contributed by atoms with van der Waals surface area (Å²) >= 11 is 0. The van der Waals surface area contributed by atoms with Crippen molar-refractivity contribution in [3.8, 4) is 0 Å². The van der Waals surface area contributed by atoms with E-state index in [4.69, 9.17) is 4.98 Å². The highest BCUT2D eigenvalue weighted by atomic mass is 14.7. The smallest absolute Gasteiger partial charge is 0.0438 e. The molecule has 0 amide bonds. The molecule has 1 aromatic rings. The molecule has 0 N–H and O–H groups in total. The van der Waals surface area contributed by atoms with Crippen LogP contribution in [0.1, 0.15) is 116 Å². The van der Waals surface area contributed by atoms with Crippen molar-refractivity contribution >= 4 is 0 Å². The number of hydrogen-bond acceptors (Lipinski definition) is 1. The van der Waals surface area contributed by atoms with Gasteiger partial charge in [-0.1, -0.05) is 59.9 Å². The minimum Gasteiger partial charge on any atom is -0.261 e. The number of fused-ring (bicyclic) bond motifs is 7. The van der Waals surface area contributed by atoms with E-state index >= 15 is 0 Å². The molecule has 1 aromatic heterocycles. The van der Waals surface area contributed by atoms with E-state index in [2.05, 4.69) is 46.8 Å². The molecular formula is C30H47N. The van der Waals surface area contributed by atoms with Crippen molar-refractivity contribution in [2.75, 3.05) is 0 Å². The van der Waals surface area contributed by atoms with Gasteiger partial charge in [0.1, 0.15) is 0 Å². The van der Waals surface area contributed by atoms with Gasteiger partial charge < -0.3 is 0 Å². The van der Waals surface area contributed by atoms with Crippen molar-refractivity contribution in [3.05, 3.63) is 29.6 Å². The van der Waals surface area contributed by atoms with Gasteiger partial charge in [0.2, 0.25) is 0 Å². The molecule has 1 heteroatoms. The van der Waals surface area contributed by atoms with Gasteiger partial charge in [-0.05, 0) is 115 Å². The fourth-order valence-electron chi connectivity index (χ4n) is 9.72. The first-order chi connectivity index (χ1) is 14.8. The van der Waals surface area contributed by atoms with Gasteiger partial charge in [0.05, 0.1) is 0 Å². The van der Waals surface area contributed by atoms with E-state index in [1.54, 1.807) is 5.56 Å². The molecule has 4 aliphatic carbocycles. The quantitative estimate of drug-likeness (QED) is 0.465. The molecule has 3 saturated carbocycles. The molecule has 1 nitrogen and oxygen atoms in total. The van der Waals surface area contributed by atoms with Gasteiger partial charge in [0, 0.05) is 11.9 Å². The van der Waals surface area contributed by atoms with E-state index in [0.717, 1.165) is 41.4 Å². The van der Waals surface area contributed by atoms with Crippen LogP contribution in [0.4, 0.5) is 0 Å². The molecule has 0 aromatic carbocycles. The van der Waals surface area contributed by atoms with Crippen LogP contribution in [0.25, 0.3) is 0 Å². The van der Waals surface area contributed by atoms with E-state index in [1.807, 2.05) is 6.20 Å². The normalized spacial score (nSPS) is 42.5. The predicted molar refractivity (Wildman–Crippen MR) is 131 cm³/mol. The molecular weight excluding hydrogens is 374 g/mol. The summed E-state index contributed by atoms with van der Waals surface area (Å²) < 4.78 is 0. The lowest BCUT2D eigenvalue weighted by molar-refractivity contribution is -0.0899. The zero-order chi connectivity index (χ0) is 21.8. The zero-order valence-corrected chi connectivity index (χ0v) is 21.0. The molecule has 0 saturated heterocycles. The highest BCUT2D eigenvalue weighted by Crippen LogP contribution is 2.69. The summed E-state index contributed by atoms with van der Waals surface area (Å²) in [5, 5.41) is 0. The summed E-state index contributed by atoms with van der Waals surface area (Å²) in [6, 6.07) is 4.61. The van der Waals surface area contributed by atoms with Crippen LogP contribution < -0.4 is 0 Å². The summed E-state index contributed by atoms with van der Waals surface area (Å²) in [4.78, 5) is 4.77. The molecule has 0 aliphatic heterocycles. The Hall–Kier alpha value is -0.850. The summed E-state index contributed by atoms with van der Waals surface area (Å²) in [7, 11) is 0. The summed E-state index contributed by atoms with van der Waals surface area (Å²) in [6.07, 6.45) is 17.8.